The molecular formula is C13H12Br3NS. The normalized spacial score (nSPS) is 12.7. The van der Waals surface area contributed by atoms with E-state index in [0.29, 0.717) is 0 Å². The molecule has 1 nitrogen and oxygen atoms in total. The molecule has 18 heavy (non-hydrogen) atoms. The van der Waals surface area contributed by atoms with Crippen LogP contribution < -0.4 is 5.32 Å². The number of aryl methyl sites for hydroxylation is 1. The fourth-order valence-corrected chi connectivity index (χ4v) is 5.24. The van der Waals surface area contributed by atoms with Gasteiger partial charge in [-0.3, -0.25) is 0 Å². The molecule has 0 saturated carbocycles. The van der Waals surface area contributed by atoms with Crippen LogP contribution in [0.4, 0.5) is 0 Å². The number of hydrogen-bond donors (Lipinski definition) is 1. The highest BCUT2D eigenvalue weighted by atomic mass is 79.9. The molecule has 0 fully saturated rings. The second-order valence-corrected chi connectivity index (χ2v) is 7.97. The highest BCUT2D eigenvalue weighted by Gasteiger charge is 2.18. The van der Waals surface area contributed by atoms with Gasteiger partial charge in [-0.2, -0.15) is 0 Å². The minimum atomic E-state index is 0.201. The summed E-state index contributed by atoms with van der Waals surface area (Å²) in [5.41, 5.74) is 1.24. The van der Waals surface area contributed by atoms with E-state index >= 15 is 0 Å². The van der Waals surface area contributed by atoms with Crippen LogP contribution in [0.3, 0.4) is 0 Å². The SMILES string of the molecule is CNC(c1cc(Br)cc(Br)c1)c1sc(C)cc1Br. The lowest BCUT2D eigenvalue weighted by atomic mass is 10.1. The lowest BCUT2D eigenvalue weighted by molar-refractivity contribution is 0.700. The zero-order valence-electron chi connectivity index (χ0n) is 9.93. The zero-order chi connectivity index (χ0) is 13.3. The van der Waals surface area contributed by atoms with Crippen molar-refractivity contribution < 1.29 is 0 Å². The van der Waals surface area contributed by atoms with Gasteiger partial charge < -0.3 is 5.32 Å². The zero-order valence-corrected chi connectivity index (χ0v) is 15.5. The van der Waals surface area contributed by atoms with Crippen molar-refractivity contribution in [1.82, 2.24) is 5.32 Å². The minimum absolute atomic E-state index is 0.201. The highest BCUT2D eigenvalue weighted by Crippen LogP contribution is 2.36. The first-order valence-electron chi connectivity index (χ1n) is 5.40. The molecule has 0 amide bonds. The Hall–Kier alpha value is 0.320. The van der Waals surface area contributed by atoms with Crippen LogP contribution in [-0.2, 0) is 0 Å². The Bertz CT molecular complexity index is 545. The summed E-state index contributed by atoms with van der Waals surface area (Å²) < 4.78 is 3.33. The van der Waals surface area contributed by atoms with Gasteiger partial charge in [-0.15, -0.1) is 11.3 Å². The number of thiophene rings is 1. The Labute approximate surface area is 136 Å². The second kappa shape index (κ2) is 6.18. The molecule has 96 valence electrons. The smallest absolute Gasteiger partial charge is 0.0680 e. The van der Waals surface area contributed by atoms with Gasteiger partial charge in [-0.25, -0.2) is 0 Å². The van der Waals surface area contributed by atoms with Gasteiger partial charge in [0.05, 0.1) is 6.04 Å². The summed E-state index contributed by atoms with van der Waals surface area (Å²) in [6.07, 6.45) is 0. The lowest BCUT2D eigenvalue weighted by Crippen LogP contribution is -2.16. The molecule has 2 rings (SSSR count). The Kier molecular flexibility index (Phi) is 5.06. The van der Waals surface area contributed by atoms with Crippen LogP contribution in [0.5, 0.6) is 0 Å². The van der Waals surface area contributed by atoms with Gasteiger partial charge in [0.25, 0.3) is 0 Å². The van der Waals surface area contributed by atoms with E-state index in [-0.39, 0.29) is 6.04 Å². The molecule has 1 aromatic heterocycles. The van der Waals surface area contributed by atoms with Crippen LogP contribution >= 0.6 is 59.1 Å². The van der Waals surface area contributed by atoms with Gasteiger partial charge >= 0.3 is 0 Å². The number of halogens is 3. The van der Waals surface area contributed by atoms with Gasteiger partial charge in [0, 0.05) is 23.2 Å². The van der Waals surface area contributed by atoms with Crippen molar-refractivity contribution in [2.45, 2.75) is 13.0 Å². The maximum Gasteiger partial charge on any atom is 0.0680 e. The molecule has 1 unspecified atom stereocenters. The van der Waals surface area contributed by atoms with Gasteiger partial charge in [-0.05, 0) is 59.7 Å². The van der Waals surface area contributed by atoms with E-state index in [1.807, 2.05) is 24.5 Å². The maximum absolute atomic E-state index is 3.64. The van der Waals surface area contributed by atoms with Crippen LogP contribution in [0.25, 0.3) is 0 Å². The van der Waals surface area contributed by atoms with E-state index in [1.54, 1.807) is 0 Å². The Morgan fingerprint density at radius 2 is 1.67 bits per heavy atom. The number of nitrogens with one attached hydrogen (secondary N) is 1. The summed E-state index contributed by atoms with van der Waals surface area (Å²) in [5.74, 6) is 0. The van der Waals surface area contributed by atoms with Crippen molar-refractivity contribution in [2.75, 3.05) is 7.05 Å². The molecule has 1 aromatic carbocycles. The molecule has 1 N–H and O–H groups in total. The molecule has 0 radical (unpaired) electrons. The predicted octanol–water partition coefficient (Wildman–Crippen LogP) is 5.65. The average molecular weight is 454 g/mol. The second-order valence-electron chi connectivity index (χ2n) is 3.99. The quantitative estimate of drug-likeness (QED) is 0.633. The first kappa shape index (κ1) is 14.7. The summed E-state index contributed by atoms with van der Waals surface area (Å²) in [6, 6.07) is 8.70. The highest BCUT2D eigenvalue weighted by molar-refractivity contribution is 9.11. The molecule has 0 aliphatic rings. The van der Waals surface area contributed by atoms with Gasteiger partial charge in [0.2, 0.25) is 0 Å². The molecule has 0 aliphatic heterocycles. The predicted molar refractivity (Wildman–Crippen MR) is 89.5 cm³/mol. The summed E-state index contributed by atoms with van der Waals surface area (Å²) in [7, 11) is 1.99. The number of benzene rings is 1. The van der Waals surface area contributed by atoms with Crippen molar-refractivity contribution in [3.8, 4) is 0 Å². The minimum Gasteiger partial charge on any atom is -0.309 e. The van der Waals surface area contributed by atoms with Gasteiger partial charge in [0.1, 0.15) is 0 Å². The van der Waals surface area contributed by atoms with Crippen LogP contribution in [0, 0.1) is 6.92 Å². The van der Waals surface area contributed by atoms with Crippen LogP contribution in [0.1, 0.15) is 21.4 Å². The third-order valence-corrected chi connectivity index (χ3v) is 5.55. The first-order valence-corrected chi connectivity index (χ1v) is 8.60. The molecular weight excluding hydrogens is 442 g/mol. The van der Waals surface area contributed by atoms with Crippen molar-refractivity contribution in [3.63, 3.8) is 0 Å². The van der Waals surface area contributed by atoms with Gasteiger partial charge in [0.15, 0.2) is 0 Å². The van der Waals surface area contributed by atoms with E-state index < -0.39 is 0 Å². The third-order valence-electron chi connectivity index (χ3n) is 2.61. The largest absolute Gasteiger partial charge is 0.309 e. The summed E-state index contributed by atoms with van der Waals surface area (Å²) >= 11 is 12.5. The molecule has 0 aliphatic carbocycles. The van der Waals surface area contributed by atoms with Crippen LogP contribution in [-0.4, -0.2) is 7.05 Å². The molecule has 1 heterocycles. The molecule has 0 bridgehead atoms. The van der Waals surface area contributed by atoms with Crippen LogP contribution in [0.15, 0.2) is 37.7 Å². The molecule has 5 heteroatoms. The monoisotopic (exact) mass is 451 g/mol. The van der Waals surface area contributed by atoms with Crippen molar-refractivity contribution >= 4 is 59.1 Å². The fourth-order valence-electron chi connectivity index (χ4n) is 1.89. The third kappa shape index (κ3) is 3.25. The van der Waals surface area contributed by atoms with E-state index in [1.165, 1.54) is 19.8 Å². The van der Waals surface area contributed by atoms with E-state index in [4.69, 9.17) is 0 Å². The lowest BCUT2D eigenvalue weighted by Gasteiger charge is -2.16. The van der Waals surface area contributed by atoms with Crippen molar-refractivity contribution in [1.29, 1.82) is 0 Å². The average Bonchev–Trinajstić information content (AvgIpc) is 2.58. The first-order chi connectivity index (χ1) is 8.51. The Balaban J connectivity index is 2.48. The summed E-state index contributed by atoms with van der Waals surface area (Å²) in [5, 5.41) is 3.38. The van der Waals surface area contributed by atoms with E-state index in [0.717, 1.165) is 8.95 Å². The van der Waals surface area contributed by atoms with E-state index in [9.17, 15) is 0 Å². The summed E-state index contributed by atoms with van der Waals surface area (Å²) in [4.78, 5) is 2.62. The maximum atomic E-state index is 3.64. The Morgan fingerprint density at radius 1 is 1.06 bits per heavy atom. The van der Waals surface area contributed by atoms with Gasteiger partial charge in [-0.1, -0.05) is 31.9 Å². The van der Waals surface area contributed by atoms with Crippen LogP contribution in [0.2, 0.25) is 0 Å². The summed E-state index contributed by atoms with van der Waals surface area (Å²) in [6.45, 7) is 2.13. The standard InChI is InChI=1S/C13H12Br3NS/c1-7-3-11(16)13(18-7)12(17-2)8-4-9(14)6-10(15)5-8/h3-6,12,17H,1-2H3. The van der Waals surface area contributed by atoms with Crippen molar-refractivity contribution in [3.05, 3.63) is 53.0 Å². The van der Waals surface area contributed by atoms with E-state index in [2.05, 4.69) is 78.2 Å². The van der Waals surface area contributed by atoms with Crippen molar-refractivity contribution in [2.24, 2.45) is 0 Å². The number of rotatable bonds is 3. The number of hydrogen-bond acceptors (Lipinski definition) is 2. The molecule has 0 spiro atoms. The topological polar surface area (TPSA) is 12.0 Å². The fraction of sp³-hybridized carbons (Fsp3) is 0.231. The Morgan fingerprint density at radius 3 is 2.11 bits per heavy atom. The molecule has 0 saturated heterocycles. The molecule has 2 aromatic rings. The molecule has 1 atom stereocenters.